The third-order valence-electron chi connectivity index (χ3n) is 15.8. The highest BCUT2D eigenvalue weighted by Gasteiger charge is 2.28. The number of H-pyrrole nitrogens is 2. The molecule has 3 aromatic heterocycles. The number of hydrogen-bond acceptors (Lipinski definition) is 5. The molecule has 8 bridgehead atoms. The molecule has 5 heterocycles. The van der Waals surface area contributed by atoms with E-state index in [1.54, 1.807) is 0 Å². The van der Waals surface area contributed by atoms with Crippen LogP contribution in [0.2, 0.25) is 0 Å². The molecule has 2 aliphatic rings. The van der Waals surface area contributed by atoms with Gasteiger partial charge < -0.3 is 19.4 Å². The molecule has 0 amide bonds. The number of nitrogens with zero attached hydrogens (tertiary/aromatic N) is 2. The number of ether oxygens (including phenoxy) is 2. The van der Waals surface area contributed by atoms with Crippen molar-refractivity contribution in [3.8, 4) is 50.3 Å². The Morgan fingerprint density at radius 1 is 0.395 bits per heavy atom. The molecule has 0 spiro atoms. The molecule has 7 aromatic rings. The van der Waals surface area contributed by atoms with Crippen molar-refractivity contribution in [2.75, 3.05) is 13.2 Å². The van der Waals surface area contributed by atoms with Crippen LogP contribution in [-0.2, 0) is 42.0 Å². The summed E-state index contributed by atoms with van der Waals surface area (Å²) in [6.45, 7) is 43.8. The van der Waals surface area contributed by atoms with Gasteiger partial charge in [0.1, 0.15) is 19.0 Å². The highest BCUT2D eigenvalue weighted by atomic mass is 16.6. The third-order valence-corrected chi connectivity index (χ3v) is 15.8. The van der Waals surface area contributed by atoms with Crippen LogP contribution in [0.4, 0.5) is 0 Å². The van der Waals surface area contributed by atoms with E-state index in [4.69, 9.17) is 19.4 Å². The van der Waals surface area contributed by atoms with Crippen LogP contribution in [0, 0.1) is 0 Å². The molecule has 2 aliphatic heterocycles. The largest absolute Gasteiger partial charge is 0.490 e. The Kier molecular flexibility index (Phi) is 15.6. The number of rotatable bonds is 10. The van der Waals surface area contributed by atoms with Gasteiger partial charge in [0.15, 0.2) is 0 Å². The van der Waals surface area contributed by atoms with Gasteiger partial charge >= 0.3 is 5.97 Å². The van der Waals surface area contributed by atoms with E-state index in [9.17, 15) is 4.79 Å². The molecule has 0 fully saturated rings. The van der Waals surface area contributed by atoms with Gasteiger partial charge in [-0.3, -0.25) is 4.79 Å². The maximum Gasteiger partial charge on any atom is 0.305 e. The first kappa shape index (κ1) is 58.4. The van der Waals surface area contributed by atoms with Crippen molar-refractivity contribution in [2.24, 2.45) is 0 Å². The summed E-state index contributed by atoms with van der Waals surface area (Å²) in [5, 5.41) is 0. The zero-order valence-electron chi connectivity index (χ0n) is 52.1. The fourth-order valence-electron chi connectivity index (χ4n) is 10.7. The van der Waals surface area contributed by atoms with Gasteiger partial charge in [0.25, 0.3) is 0 Å². The van der Waals surface area contributed by atoms with E-state index in [0.29, 0.717) is 12.2 Å². The topological polar surface area (TPSA) is 92.9 Å². The first-order valence-electron chi connectivity index (χ1n) is 29.3. The summed E-state index contributed by atoms with van der Waals surface area (Å²) in [5.74, 6) is 0.452. The molecule has 0 saturated carbocycles. The molecule has 7 nitrogen and oxygen atoms in total. The Labute approximate surface area is 483 Å². The zero-order valence-corrected chi connectivity index (χ0v) is 52.1. The van der Waals surface area contributed by atoms with Crippen molar-refractivity contribution in [1.29, 1.82) is 0 Å². The second-order valence-electron chi connectivity index (χ2n) is 28.7. The maximum absolute atomic E-state index is 12.3. The summed E-state index contributed by atoms with van der Waals surface area (Å²) in [7, 11) is 0. The van der Waals surface area contributed by atoms with Crippen molar-refractivity contribution in [3.05, 3.63) is 159 Å². The number of hydrogen-bond donors (Lipinski definition) is 2. The average molecular weight is 1080 g/mol. The monoisotopic (exact) mass is 1080 g/mol. The molecule has 0 radical (unpaired) electrons. The average Bonchev–Trinajstić information content (AvgIpc) is 4.44. The number of esters is 1. The van der Waals surface area contributed by atoms with Crippen molar-refractivity contribution in [2.45, 2.75) is 177 Å². The van der Waals surface area contributed by atoms with E-state index >= 15 is 0 Å². The molecular formula is C74H88N4O3. The van der Waals surface area contributed by atoms with E-state index in [1.807, 2.05) is 19.1 Å². The quantitative estimate of drug-likeness (QED) is 0.105. The molecule has 4 aromatic carbocycles. The Morgan fingerprint density at radius 3 is 1.00 bits per heavy atom. The van der Waals surface area contributed by atoms with Gasteiger partial charge in [0.05, 0.1) is 22.8 Å². The van der Waals surface area contributed by atoms with Crippen LogP contribution in [0.5, 0.6) is 5.75 Å². The van der Waals surface area contributed by atoms with Gasteiger partial charge in [-0.05, 0) is 155 Å². The smallest absolute Gasteiger partial charge is 0.305 e. The lowest BCUT2D eigenvalue weighted by molar-refractivity contribution is -0.144. The van der Waals surface area contributed by atoms with Crippen LogP contribution < -0.4 is 4.74 Å². The van der Waals surface area contributed by atoms with E-state index in [-0.39, 0.29) is 51.7 Å². The molecule has 422 valence electrons. The van der Waals surface area contributed by atoms with Gasteiger partial charge in [-0.25, -0.2) is 9.97 Å². The molecule has 81 heavy (non-hydrogen) atoms. The Bertz CT molecular complexity index is 3620. The highest BCUT2D eigenvalue weighted by molar-refractivity contribution is 6.00. The van der Waals surface area contributed by atoms with Gasteiger partial charge in [-0.2, -0.15) is 0 Å². The summed E-state index contributed by atoms with van der Waals surface area (Å²) >= 11 is 0. The first-order chi connectivity index (χ1) is 37.8. The van der Waals surface area contributed by atoms with Crippen LogP contribution in [-0.4, -0.2) is 39.1 Å². The van der Waals surface area contributed by atoms with Gasteiger partial charge in [0.2, 0.25) is 0 Å². The van der Waals surface area contributed by atoms with Crippen LogP contribution in [0.25, 0.3) is 90.9 Å². The van der Waals surface area contributed by atoms with Crippen molar-refractivity contribution < 1.29 is 14.3 Å². The molecule has 2 N–H and O–H groups in total. The van der Waals surface area contributed by atoms with Crippen LogP contribution >= 0.6 is 0 Å². The molecule has 0 saturated heterocycles. The Balaban J connectivity index is 1.47. The normalized spacial score (nSPS) is 13.3. The highest BCUT2D eigenvalue weighted by Crippen LogP contribution is 2.44. The number of fused-ring (bicyclic) bond motifs is 8. The molecular weight excluding hydrogens is 993 g/mol. The van der Waals surface area contributed by atoms with Crippen LogP contribution in [0.3, 0.4) is 0 Å². The Hall–Kier alpha value is -7.25. The number of carbonyl (C=O) groups is 1. The number of aromatic amines is 2. The summed E-state index contributed by atoms with van der Waals surface area (Å²) < 4.78 is 11.8. The summed E-state index contributed by atoms with van der Waals surface area (Å²) in [4.78, 5) is 31.9. The summed E-state index contributed by atoms with van der Waals surface area (Å²) in [5.41, 5.74) is 22.2. The molecule has 0 aliphatic carbocycles. The fourth-order valence-corrected chi connectivity index (χ4v) is 10.7. The fraction of sp³-hybridized carbons (Fsp3) is 0.392. The van der Waals surface area contributed by atoms with Crippen LogP contribution in [0.15, 0.2) is 103 Å². The molecule has 7 heteroatoms. The lowest BCUT2D eigenvalue weighted by atomic mass is 9.78. The minimum atomic E-state index is -0.216. The van der Waals surface area contributed by atoms with Gasteiger partial charge in [-0.15, -0.1) is 0 Å². The van der Waals surface area contributed by atoms with E-state index in [0.717, 1.165) is 95.8 Å². The number of carbonyl (C=O) groups excluding carboxylic acids is 1. The first-order valence-corrected chi connectivity index (χ1v) is 29.3. The second-order valence-corrected chi connectivity index (χ2v) is 28.7. The van der Waals surface area contributed by atoms with Gasteiger partial charge in [0, 0.05) is 50.7 Å². The molecule has 0 unspecified atom stereocenters. The SMILES string of the molecule is CCCC(=O)OCCOc1cccc(-c2c3nc(c(-c4cc(C(C)(C)C)cc(C(C)(C)C)c4)c4ccc([nH]4)c(-c4cc(C(C)(C)C)cc(C(C)(C)C)c4)c4nc(c(-c5cc(C(C)(C)C)cc(C(C)(C)C)c5)c5ccc2[nH]5)C=C4)C=C3)c1. The molecule has 0 atom stereocenters. The standard InChI is InChI=1S/C74H88N4O3/c1-20-22-64(79)81-34-33-80-55-24-21-23-45(41-55)65-56-25-27-58(75-56)66(46-35-49(69(2,3)4)42-50(36-46)70(5,6)7)60-29-31-62(77-60)68(48-39-53(73(14,15)16)44-54(40-48)74(17,18)19)63-32-30-61(78-63)67(59-28-26-57(65)76-59)47-37-51(71(8,9)10)43-52(38-47)72(11,12)13/h21,23-32,35-44,75,78H,20,22,33-34H2,1-19H3. The summed E-state index contributed by atoms with van der Waals surface area (Å²) in [6.07, 6.45) is 9.90. The van der Waals surface area contributed by atoms with Gasteiger partial charge in [-0.1, -0.05) is 198 Å². The molecule has 9 rings (SSSR count). The lowest BCUT2D eigenvalue weighted by Gasteiger charge is -2.26. The third kappa shape index (κ3) is 12.8. The van der Waals surface area contributed by atoms with E-state index in [2.05, 4.69) is 250 Å². The number of benzene rings is 4. The lowest BCUT2D eigenvalue weighted by Crippen LogP contribution is -2.16. The minimum Gasteiger partial charge on any atom is -0.490 e. The maximum atomic E-state index is 12.3. The van der Waals surface area contributed by atoms with E-state index < -0.39 is 0 Å². The second kappa shape index (κ2) is 21.6. The van der Waals surface area contributed by atoms with Crippen molar-refractivity contribution >= 4 is 52.3 Å². The van der Waals surface area contributed by atoms with Crippen LogP contribution in [0.1, 0.15) is 201 Å². The predicted octanol–water partition coefficient (Wildman–Crippen LogP) is 19.8. The summed E-state index contributed by atoms with van der Waals surface area (Å²) in [6, 6.07) is 38.5. The van der Waals surface area contributed by atoms with E-state index in [1.165, 1.54) is 33.4 Å². The van der Waals surface area contributed by atoms with Crippen molar-refractivity contribution in [3.63, 3.8) is 0 Å². The number of aromatic nitrogens is 4. The minimum absolute atomic E-state index is 0.116. The number of nitrogens with one attached hydrogen (secondary N) is 2. The zero-order chi connectivity index (χ0) is 58.8. The van der Waals surface area contributed by atoms with Crippen molar-refractivity contribution in [1.82, 2.24) is 19.9 Å². The Morgan fingerprint density at radius 2 is 0.704 bits per heavy atom. The predicted molar refractivity (Wildman–Crippen MR) is 344 cm³/mol.